The van der Waals surface area contributed by atoms with E-state index in [0.717, 1.165) is 18.4 Å². The largest absolute Gasteiger partial charge is 0.478 e. The lowest BCUT2D eigenvalue weighted by Gasteiger charge is -2.14. The van der Waals surface area contributed by atoms with E-state index >= 15 is 0 Å². The highest BCUT2D eigenvalue weighted by Crippen LogP contribution is 2.12. The lowest BCUT2D eigenvalue weighted by atomic mass is 10.1. The van der Waals surface area contributed by atoms with Crippen molar-refractivity contribution in [3.05, 3.63) is 41.6 Å². The fraction of sp³-hybridized carbons (Fsp3) is 0.286. The first-order valence-corrected chi connectivity index (χ1v) is 6.32. The van der Waals surface area contributed by atoms with Crippen LogP contribution in [0.5, 0.6) is 0 Å². The van der Waals surface area contributed by atoms with E-state index in [1.165, 1.54) is 12.1 Å². The van der Waals surface area contributed by atoms with Crippen LogP contribution >= 0.6 is 0 Å². The second-order valence-corrected chi connectivity index (χ2v) is 4.40. The molecule has 0 saturated carbocycles. The van der Waals surface area contributed by atoms with Crippen LogP contribution in [0.3, 0.4) is 0 Å². The average Bonchev–Trinajstić information content (AvgIpc) is 2.47. The van der Waals surface area contributed by atoms with Crippen LogP contribution in [0.25, 0.3) is 0 Å². The predicted molar refractivity (Wildman–Crippen MR) is 73.7 cm³/mol. The third kappa shape index (κ3) is 4.10. The Morgan fingerprint density at radius 3 is 2.40 bits per heavy atom. The number of hydrogen-bond donors (Lipinski definition) is 3. The van der Waals surface area contributed by atoms with Gasteiger partial charge in [0.1, 0.15) is 0 Å². The number of carboxylic acids is 1. The molecule has 3 N–H and O–H groups in total. The Balaban J connectivity index is 1.86. The van der Waals surface area contributed by atoms with Crippen molar-refractivity contribution in [2.45, 2.75) is 12.8 Å². The van der Waals surface area contributed by atoms with Gasteiger partial charge < -0.3 is 20.5 Å². The van der Waals surface area contributed by atoms with Gasteiger partial charge in [-0.15, -0.1) is 0 Å². The number of aromatic carboxylic acids is 1. The van der Waals surface area contributed by atoms with Crippen LogP contribution in [-0.2, 0) is 4.74 Å². The van der Waals surface area contributed by atoms with E-state index in [-0.39, 0.29) is 11.6 Å². The van der Waals surface area contributed by atoms with Crippen LogP contribution in [0.4, 0.5) is 10.5 Å². The minimum atomic E-state index is -0.995. The van der Waals surface area contributed by atoms with Crippen molar-refractivity contribution in [3.63, 3.8) is 0 Å². The summed E-state index contributed by atoms with van der Waals surface area (Å²) in [5.41, 5.74) is 1.87. The number of nitrogens with one attached hydrogen (secondary N) is 2. The molecule has 106 valence electrons. The molecule has 2 amide bonds. The van der Waals surface area contributed by atoms with E-state index in [1.807, 2.05) is 0 Å². The maximum Gasteiger partial charge on any atom is 0.335 e. The van der Waals surface area contributed by atoms with E-state index in [4.69, 9.17) is 9.84 Å². The zero-order valence-electron chi connectivity index (χ0n) is 10.9. The summed E-state index contributed by atoms with van der Waals surface area (Å²) in [6.45, 7) is 1.37. The van der Waals surface area contributed by atoms with Crippen molar-refractivity contribution in [2.24, 2.45) is 0 Å². The van der Waals surface area contributed by atoms with Crippen molar-refractivity contribution in [1.29, 1.82) is 0 Å². The second-order valence-electron chi connectivity index (χ2n) is 4.40. The number of hydrogen-bond acceptors (Lipinski definition) is 3. The Labute approximate surface area is 116 Å². The van der Waals surface area contributed by atoms with E-state index in [2.05, 4.69) is 10.6 Å². The number of rotatable bonds is 3. The van der Waals surface area contributed by atoms with Gasteiger partial charge in [0.05, 0.1) is 18.8 Å². The Kier molecular flexibility index (Phi) is 4.73. The molecule has 1 aromatic carbocycles. The first-order chi connectivity index (χ1) is 9.65. The van der Waals surface area contributed by atoms with E-state index in [1.54, 1.807) is 18.3 Å². The molecule has 1 fully saturated rings. The normalized spacial score (nSPS) is 14.5. The molecule has 1 heterocycles. The van der Waals surface area contributed by atoms with Crippen LogP contribution in [-0.4, -0.2) is 30.3 Å². The summed E-state index contributed by atoms with van der Waals surface area (Å²) in [4.78, 5) is 22.4. The fourth-order valence-corrected chi connectivity index (χ4v) is 1.81. The summed E-state index contributed by atoms with van der Waals surface area (Å²) in [5, 5.41) is 14.1. The number of carbonyl (C=O) groups excluding carboxylic acids is 1. The SMILES string of the molecule is O=C(NC=C1CCOCC1)Nc1ccc(C(=O)O)cc1. The standard InChI is InChI=1S/C14H16N2O4/c17-13(18)11-1-3-12(4-2-11)16-14(19)15-9-10-5-7-20-8-6-10/h1-4,9H,5-8H2,(H,17,18)(H2,15,16,19). The Hall–Kier alpha value is -2.34. The lowest BCUT2D eigenvalue weighted by Crippen LogP contribution is -2.25. The molecule has 0 aromatic heterocycles. The molecule has 0 radical (unpaired) electrons. The zero-order valence-corrected chi connectivity index (χ0v) is 10.9. The van der Waals surface area contributed by atoms with Gasteiger partial charge in [-0.05, 0) is 42.7 Å². The van der Waals surface area contributed by atoms with Crippen molar-refractivity contribution < 1.29 is 19.4 Å². The quantitative estimate of drug-likeness (QED) is 0.789. The summed E-state index contributed by atoms with van der Waals surface area (Å²) < 4.78 is 5.22. The van der Waals surface area contributed by atoms with Crippen molar-refractivity contribution >= 4 is 17.7 Å². The van der Waals surface area contributed by atoms with Gasteiger partial charge >= 0.3 is 12.0 Å². The Morgan fingerprint density at radius 2 is 1.80 bits per heavy atom. The summed E-state index contributed by atoms with van der Waals surface area (Å²) >= 11 is 0. The number of urea groups is 1. The maximum atomic E-state index is 11.7. The lowest BCUT2D eigenvalue weighted by molar-refractivity contribution is 0.0697. The number of anilines is 1. The molecule has 20 heavy (non-hydrogen) atoms. The molecular formula is C14H16N2O4. The van der Waals surface area contributed by atoms with Gasteiger partial charge in [-0.2, -0.15) is 0 Å². The zero-order chi connectivity index (χ0) is 14.4. The van der Waals surface area contributed by atoms with Crippen LogP contribution in [0.15, 0.2) is 36.0 Å². The molecule has 0 unspecified atom stereocenters. The van der Waals surface area contributed by atoms with Crippen molar-refractivity contribution in [2.75, 3.05) is 18.5 Å². The monoisotopic (exact) mass is 276 g/mol. The molecule has 1 aliphatic heterocycles. The highest BCUT2D eigenvalue weighted by atomic mass is 16.5. The van der Waals surface area contributed by atoms with Gasteiger partial charge in [0.15, 0.2) is 0 Å². The van der Waals surface area contributed by atoms with Gasteiger partial charge in [-0.3, -0.25) is 0 Å². The third-order valence-electron chi connectivity index (χ3n) is 2.93. The summed E-state index contributed by atoms with van der Waals surface area (Å²) in [6, 6.07) is 5.62. The van der Waals surface area contributed by atoms with Crippen LogP contribution in [0, 0.1) is 0 Å². The number of amides is 2. The Morgan fingerprint density at radius 1 is 1.15 bits per heavy atom. The van der Waals surface area contributed by atoms with Gasteiger partial charge in [-0.1, -0.05) is 0 Å². The third-order valence-corrected chi connectivity index (χ3v) is 2.93. The molecule has 1 aliphatic rings. The summed E-state index contributed by atoms with van der Waals surface area (Å²) in [5.74, 6) is -0.995. The summed E-state index contributed by atoms with van der Waals surface area (Å²) in [6.07, 6.45) is 3.35. The first-order valence-electron chi connectivity index (χ1n) is 6.32. The molecule has 0 spiro atoms. The van der Waals surface area contributed by atoms with E-state index in [9.17, 15) is 9.59 Å². The highest BCUT2D eigenvalue weighted by Gasteiger charge is 2.07. The van der Waals surface area contributed by atoms with Gasteiger partial charge in [-0.25, -0.2) is 9.59 Å². The van der Waals surface area contributed by atoms with Crippen LogP contribution in [0.1, 0.15) is 23.2 Å². The maximum absolute atomic E-state index is 11.7. The Bertz CT molecular complexity index is 514. The molecule has 1 saturated heterocycles. The minimum absolute atomic E-state index is 0.181. The molecule has 6 heteroatoms. The average molecular weight is 276 g/mol. The molecule has 0 aliphatic carbocycles. The smallest absolute Gasteiger partial charge is 0.335 e. The van der Waals surface area contributed by atoms with E-state index in [0.29, 0.717) is 18.9 Å². The molecule has 6 nitrogen and oxygen atoms in total. The van der Waals surface area contributed by atoms with Gasteiger partial charge in [0.2, 0.25) is 0 Å². The summed E-state index contributed by atoms with van der Waals surface area (Å²) in [7, 11) is 0. The van der Waals surface area contributed by atoms with Crippen LogP contribution in [0.2, 0.25) is 0 Å². The molecule has 0 atom stereocenters. The number of benzene rings is 1. The second kappa shape index (κ2) is 6.72. The number of carbonyl (C=O) groups is 2. The molecule has 2 rings (SSSR count). The van der Waals surface area contributed by atoms with Crippen molar-refractivity contribution in [3.8, 4) is 0 Å². The van der Waals surface area contributed by atoms with Crippen molar-refractivity contribution in [1.82, 2.24) is 5.32 Å². The molecular weight excluding hydrogens is 260 g/mol. The predicted octanol–water partition coefficient (Wildman–Crippen LogP) is 2.20. The number of ether oxygens (including phenoxy) is 1. The minimum Gasteiger partial charge on any atom is -0.478 e. The first kappa shape index (κ1) is 14.1. The van der Waals surface area contributed by atoms with Gasteiger partial charge in [0.25, 0.3) is 0 Å². The van der Waals surface area contributed by atoms with Crippen LogP contribution < -0.4 is 10.6 Å². The van der Waals surface area contributed by atoms with Gasteiger partial charge in [0, 0.05) is 11.9 Å². The molecule has 1 aromatic rings. The van der Waals surface area contributed by atoms with E-state index < -0.39 is 5.97 Å². The molecule has 0 bridgehead atoms. The highest BCUT2D eigenvalue weighted by molar-refractivity contribution is 5.91. The topological polar surface area (TPSA) is 87.7 Å². The fourth-order valence-electron chi connectivity index (χ4n) is 1.81. The number of carboxylic acid groups (broad SMARTS) is 1.